The minimum absolute atomic E-state index is 0.0598. The van der Waals surface area contributed by atoms with Gasteiger partial charge in [-0.2, -0.15) is 4.31 Å². The Labute approximate surface area is 429 Å². The Kier molecular flexibility index (Phi) is 19.5. The first kappa shape index (κ1) is 58.4. The zero-order chi connectivity index (χ0) is 53.0. The number of nitrogens with one attached hydrogen (secondary N) is 1. The predicted octanol–water partition coefficient (Wildman–Crippen LogP) is 5.26. The van der Waals surface area contributed by atoms with Crippen LogP contribution < -0.4 is 10.1 Å². The number of β-amino-alcohol motifs (C(OH)–C–C–N with tert-alkyl or cyclic N) is 1. The number of aliphatic hydroxyl groups is 4. The topological polar surface area (TPSA) is 215 Å². The monoisotopic (exact) mass is 1030 g/mol. The highest BCUT2D eigenvalue weighted by Gasteiger charge is 2.59. The first-order chi connectivity index (χ1) is 33.8. The van der Waals surface area contributed by atoms with Crippen LogP contribution in [-0.2, 0) is 43.2 Å². The SMILES string of the molecule is CC[C@H]1OC(=O)[C@H](C)[C@@H](OC2CC(C)(OC)C(O)(CN3CCCCC3)[C@@H](C)O2)[C@H](C)[C@@H](O[C@@H]2O[C@H](C)C[C@H](N(C)S(=O)(=O)c3ccccc3)[C@H]2Oc2ccccc2)[C@](C)(O)C[C@@H](C)CN[C@H](C)[C@@H](O)[C@]1(C)O. The molecule has 408 valence electrons. The van der Waals surface area contributed by atoms with Crippen LogP contribution in [0.15, 0.2) is 65.6 Å². The summed E-state index contributed by atoms with van der Waals surface area (Å²) in [6.07, 6.45) is -5.92. The Morgan fingerprint density at radius 2 is 1.49 bits per heavy atom. The highest BCUT2D eigenvalue weighted by molar-refractivity contribution is 7.89. The molecule has 0 bridgehead atoms. The standard InChI is InChI=1S/C54H87N3O14S/c1-13-43-53(10,61)47(58)38(6)55-32-34(2)30-51(8,60)48(71-50-46(68-40-23-17-14-18-24-40)42(29-35(3)66-50)56(11)72(63,64)41-25-19-15-20-26-41)36(4)45(37(5)49(59)69-43)70-44-31-52(9,65-12)54(62,39(7)67-44)33-57-27-21-16-22-28-57/h14-15,17-20,23-26,34-39,42-48,50,55,58,60-62H,13,16,21-22,27-33H2,1-12H3/t34-,35-,36+,37-,38-,39-,42+,43-,44?,45+,46-,47-,48-,50+,51-,52?,53-,54?/m1/s1. The molecule has 0 saturated carbocycles. The number of esters is 1. The van der Waals surface area contributed by atoms with Gasteiger partial charge in [-0.25, -0.2) is 8.42 Å². The summed E-state index contributed by atoms with van der Waals surface area (Å²) in [7, 11) is -1.01. The van der Waals surface area contributed by atoms with E-state index >= 15 is 0 Å². The largest absolute Gasteiger partial charge is 0.483 e. The van der Waals surface area contributed by atoms with Crippen molar-refractivity contribution in [1.29, 1.82) is 0 Å². The lowest BCUT2D eigenvalue weighted by Gasteiger charge is -2.55. The second kappa shape index (κ2) is 24.0. The molecular formula is C54H87N3O14S. The van der Waals surface area contributed by atoms with Crippen LogP contribution in [0.4, 0.5) is 0 Å². The van der Waals surface area contributed by atoms with Crippen LogP contribution in [0, 0.1) is 17.8 Å². The number of ether oxygens (including phenoxy) is 7. The number of cyclic esters (lactones) is 1. The van der Waals surface area contributed by atoms with Crippen LogP contribution in [0.5, 0.6) is 5.75 Å². The molecule has 0 spiro atoms. The summed E-state index contributed by atoms with van der Waals surface area (Å²) in [4.78, 5) is 17.1. The van der Waals surface area contributed by atoms with E-state index in [0.717, 1.165) is 32.4 Å². The number of para-hydroxylation sites is 1. The lowest BCUT2D eigenvalue weighted by molar-refractivity contribution is -0.338. The number of benzene rings is 2. The minimum Gasteiger partial charge on any atom is -0.483 e. The van der Waals surface area contributed by atoms with Gasteiger partial charge in [0.15, 0.2) is 18.7 Å². The van der Waals surface area contributed by atoms with Crippen molar-refractivity contribution in [3.05, 3.63) is 60.7 Å². The van der Waals surface area contributed by atoms with E-state index in [0.29, 0.717) is 18.8 Å². The number of carbonyl (C=O) groups excluding carboxylic acids is 1. The fourth-order valence-electron chi connectivity index (χ4n) is 11.7. The molecule has 72 heavy (non-hydrogen) atoms. The molecule has 2 aromatic carbocycles. The molecule has 4 aliphatic rings. The van der Waals surface area contributed by atoms with E-state index in [1.54, 1.807) is 96.3 Å². The van der Waals surface area contributed by atoms with E-state index < -0.39 is 118 Å². The molecule has 4 saturated heterocycles. The molecule has 4 aliphatic heterocycles. The summed E-state index contributed by atoms with van der Waals surface area (Å²) in [5.41, 5.74) is -6.23. The molecule has 0 aromatic heterocycles. The van der Waals surface area contributed by atoms with Crippen molar-refractivity contribution in [3.8, 4) is 5.75 Å². The molecule has 18 heteroatoms. The summed E-state index contributed by atoms with van der Waals surface area (Å²) in [5, 5.41) is 52.5. The number of likely N-dealkylation sites (N-methyl/N-ethyl adjacent to an activating group) is 1. The van der Waals surface area contributed by atoms with Crippen molar-refractivity contribution < 1.29 is 66.8 Å². The first-order valence-electron chi connectivity index (χ1n) is 26.2. The maximum absolute atomic E-state index is 14.8. The molecule has 6 rings (SSSR count). The second-order valence-electron chi connectivity index (χ2n) is 22.1. The van der Waals surface area contributed by atoms with E-state index in [4.69, 9.17) is 33.2 Å². The molecule has 17 nitrogen and oxygen atoms in total. The zero-order valence-corrected chi connectivity index (χ0v) is 45.6. The highest BCUT2D eigenvalue weighted by Crippen LogP contribution is 2.44. The number of carbonyl (C=O) groups is 1. The molecule has 0 aliphatic carbocycles. The van der Waals surface area contributed by atoms with Crippen molar-refractivity contribution >= 4 is 16.0 Å². The molecule has 3 unspecified atom stereocenters. The van der Waals surface area contributed by atoms with E-state index in [1.807, 2.05) is 33.8 Å². The molecule has 0 radical (unpaired) electrons. The number of hydrogen-bond donors (Lipinski definition) is 5. The van der Waals surface area contributed by atoms with Crippen molar-refractivity contribution in [2.45, 2.75) is 209 Å². The lowest BCUT2D eigenvalue weighted by Crippen LogP contribution is -2.70. The van der Waals surface area contributed by atoms with Crippen molar-refractivity contribution in [2.75, 3.05) is 40.3 Å². The molecule has 4 fully saturated rings. The van der Waals surface area contributed by atoms with Gasteiger partial charge in [0.1, 0.15) is 34.8 Å². The van der Waals surface area contributed by atoms with Gasteiger partial charge in [-0.3, -0.25) is 4.79 Å². The number of sulfonamides is 1. The minimum atomic E-state index is -4.08. The van der Waals surface area contributed by atoms with E-state index in [-0.39, 0.29) is 36.5 Å². The van der Waals surface area contributed by atoms with Crippen molar-refractivity contribution in [3.63, 3.8) is 0 Å². The van der Waals surface area contributed by atoms with Gasteiger partial charge in [0, 0.05) is 39.1 Å². The molecule has 18 atom stereocenters. The van der Waals surface area contributed by atoms with E-state index in [9.17, 15) is 33.6 Å². The van der Waals surface area contributed by atoms with E-state index in [1.165, 1.54) is 18.3 Å². The summed E-state index contributed by atoms with van der Waals surface area (Å²) in [6, 6.07) is 15.6. The normalized spacial score (nSPS) is 41.5. The van der Waals surface area contributed by atoms with Gasteiger partial charge in [0.05, 0.1) is 46.9 Å². The first-order valence-corrected chi connectivity index (χ1v) is 27.7. The third-order valence-corrected chi connectivity index (χ3v) is 18.2. The van der Waals surface area contributed by atoms with Crippen LogP contribution in [-0.4, -0.2) is 174 Å². The van der Waals surface area contributed by atoms with Gasteiger partial charge >= 0.3 is 5.97 Å². The average molecular weight is 1030 g/mol. The molecule has 4 heterocycles. The molecule has 5 N–H and O–H groups in total. The number of rotatable bonds is 13. The summed E-state index contributed by atoms with van der Waals surface area (Å²) in [6.45, 7) is 19.8. The maximum Gasteiger partial charge on any atom is 0.311 e. The lowest BCUT2D eigenvalue weighted by atomic mass is 9.74. The Morgan fingerprint density at radius 1 is 0.861 bits per heavy atom. The van der Waals surface area contributed by atoms with Crippen LogP contribution in [0.25, 0.3) is 0 Å². The van der Waals surface area contributed by atoms with Crippen LogP contribution in [0.3, 0.4) is 0 Å². The van der Waals surface area contributed by atoms with E-state index in [2.05, 4.69) is 10.2 Å². The summed E-state index contributed by atoms with van der Waals surface area (Å²) >= 11 is 0. The Hall–Kier alpha value is -2.82. The van der Waals surface area contributed by atoms with Gasteiger partial charge in [0.2, 0.25) is 10.0 Å². The predicted molar refractivity (Wildman–Crippen MR) is 271 cm³/mol. The quantitative estimate of drug-likeness (QED) is 0.162. The fourth-order valence-corrected chi connectivity index (χ4v) is 13.1. The number of likely N-dealkylation sites (tertiary alicyclic amines) is 1. The van der Waals surface area contributed by atoms with Crippen LogP contribution in [0.1, 0.15) is 114 Å². The number of methoxy groups -OCH3 is 1. The maximum atomic E-state index is 14.8. The van der Waals surface area contributed by atoms with Crippen molar-refractivity contribution in [1.82, 2.24) is 14.5 Å². The highest BCUT2D eigenvalue weighted by atomic mass is 32.2. The number of piperidine rings is 1. The number of nitrogens with zero attached hydrogens (tertiary/aromatic N) is 2. The summed E-state index contributed by atoms with van der Waals surface area (Å²) in [5.74, 6) is -2.59. The van der Waals surface area contributed by atoms with Gasteiger partial charge in [-0.05, 0) is 130 Å². The number of hydrogen-bond acceptors (Lipinski definition) is 16. The smallest absolute Gasteiger partial charge is 0.311 e. The second-order valence-corrected chi connectivity index (χ2v) is 24.1. The Balaban J connectivity index is 1.45. The molecular weight excluding hydrogens is 947 g/mol. The van der Waals surface area contributed by atoms with Crippen LogP contribution >= 0.6 is 0 Å². The fraction of sp³-hybridized carbons (Fsp3) is 0.759. The third kappa shape index (κ3) is 12.9. The van der Waals surface area contributed by atoms with Gasteiger partial charge in [0.25, 0.3) is 0 Å². The zero-order valence-electron chi connectivity index (χ0n) is 44.8. The van der Waals surface area contributed by atoms with Crippen molar-refractivity contribution in [2.24, 2.45) is 17.8 Å². The van der Waals surface area contributed by atoms with Gasteiger partial charge in [-0.1, -0.05) is 63.6 Å². The third-order valence-electron chi connectivity index (χ3n) is 16.3. The Bertz CT molecular complexity index is 2130. The molecule has 2 aromatic rings. The van der Waals surface area contributed by atoms with Crippen LogP contribution in [0.2, 0.25) is 0 Å². The summed E-state index contributed by atoms with van der Waals surface area (Å²) < 4.78 is 76.8. The Morgan fingerprint density at radius 3 is 2.10 bits per heavy atom. The molecule has 0 amide bonds. The van der Waals surface area contributed by atoms with Gasteiger partial charge < -0.3 is 63.8 Å². The number of aliphatic hydroxyl groups excluding tert-OH is 1. The van der Waals surface area contributed by atoms with Gasteiger partial charge in [-0.15, -0.1) is 0 Å². The average Bonchev–Trinajstić information content (AvgIpc) is 3.35.